The molecule has 30 heavy (non-hydrogen) atoms. The topological polar surface area (TPSA) is 117 Å². The van der Waals surface area contributed by atoms with Crippen LogP contribution in [0.2, 0.25) is 0 Å². The van der Waals surface area contributed by atoms with Gasteiger partial charge in [-0.15, -0.1) is 4.40 Å². The van der Waals surface area contributed by atoms with Gasteiger partial charge in [0.2, 0.25) is 5.91 Å². The second kappa shape index (κ2) is 8.09. The maximum atomic E-state index is 12.6. The number of thioether (sulfide) groups is 1. The summed E-state index contributed by atoms with van der Waals surface area (Å²) in [6.45, 7) is 0.310. The van der Waals surface area contributed by atoms with Gasteiger partial charge in [-0.25, -0.2) is 8.42 Å². The lowest BCUT2D eigenvalue weighted by atomic mass is 10.1. The number of nitrogens with one attached hydrogen (secondary N) is 2. The van der Waals surface area contributed by atoms with Crippen molar-refractivity contribution in [2.24, 2.45) is 4.40 Å². The molecule has 0 unspecified atom stereocenters. The zero-order valence-electron chi connectivity index (χ0n) is 15.9. The van der Waals surface area contributed by atoms with Crippen molar-refractivity contribution >= 4 is 55.8 Å². The first kappa shape index (κ1) is 20.4. The van der Waals surface area contributed by atoms with E-state index in [1.54, 1.807) is 42.5 Å². The number of carbonyl (C=O) groups is 2. The predicted octanol–water partition coefficient (Wildman–Crippen LogP) is 2.14. The SMILES string of the molecule is COCC(=O)Nc1ccc(NC(=O)c2ccc3c(c2)SC2=NS(=O)(=O)CCN23)cc1. The number of methoxy groups -OCH3 is 1. The minimum absolute atomic E-state index is 0.0271. The first-order valence-corrected chi connectivity index (χ1v) is 11.4. The number of nitrogens with zero attached hydrogens (tertiary/aromatic N) is 2. The summed E-state index contributed by atoms with van der Waals surface area (Å²) in [5, 5.41) is 5.90. The molecule has 2 amide bonds. The third-order valence-electron chi connectivity index (χ3n) is 4.44. The molecule has 156 valence electrons. The van der Waals surface area contributed by atoms with Crippen LogP contribution in [0.5, 0.6) is 0 Å². The third-order valence-corrected chi connectivity index (χ3v) is 6.74. The number of hydrogen-bond donors (Lipinski definition) is 2. The van der Waals surface area contributed by atoms with Crippen LogP contribution in [0.25, 0.3) is 0 Å². The first-order chi connectivity index (χ1) is 14.3. The van der Waals surface area contributed by atoms with Gasteiger partial charge in [-0.1, -0.05) is 0 Å². The Kier molecular flexibility index (Phi) is 5.50. The van der Waals surface area contributed by atoms with Crippen LogP contribution in [0, 0.1) is 0 Å². The highest BCUT2D eigenvalue weighted by molar-refractivity contribution is 8.15. The summed E-state index contributed by atoms with van der Waals surface area (Å²) in [7, 11) is -1.98. The molecular weight excluding hydrogens is 428 g/mol. The quantitative estimate of drug-likeness (QED) is 0.723. The van der Waals surface area contributed by atoms with Gasteiger partial charge < -0.3 is 20.3 Å². The van der Waals surface area contributed by atoms with Crippen LogP contribution in [0.1, 0.15) is 10.4 Å². The standard InChI is InChI=1S/C19H18N4O5S2/c1-28-11-17(24)20-13-3-5-14(6-4-13)21-18(25)12-2-7-15-16(10-12)29-19-22-30(26,27)9-8-23(15)19/h2-7,10H,8-9,11H2,1H3,(H,20,24)(H,21,25). The fourth-order valence-corrected chi connectivity index (χ4v) is 5.34. The van der Waals surface area contributed by atoms with Gasteiger partial charge in [0.05, 0.1) is 11.4 Å². The second-order valence-electron chi connectivity index (χ2n) is 6.61. The molecule has 11 heteroatoms. The molecule has 4 rings (SSSR count). The molecule has 0 atom stereocenters. The minimum atomic E-state index is -3.42. The van der Waals surface area contributed by atoms with Crippen LogP contribution in [-0.4, -0.2) is 51.4 Å². The van der Waals surface area contributed by atoms with Crippen molar-refractivity contribution in [2.45, 2.75) is 4.90 Å². The van der Waals surface area contributed by atoms with Gasteiger partial charge >= 0.3 is 0 Å². The van der Waals surface area contributed by atoms with Gasteiger partial charge in [0.25, 0.3) is 15.9 Å². The van der Waals surface area contributed by atoms with E-state index in [-0.39, 0.29) is 24.2 Å². The average Bonchev–Trinajstić information content (AvgIpc) is 3.04. The molecule has 0 saturated carbocycles. The van der Waals surface area contributed by atoms with Crippen molar-refractivity contribution in [1.82, 2.24) is 0 Å². The molecule has 0 saturated heterocycles. The molecule has 2 aromatic rings. The zero-order valence-corrected chi connectivity index (χ0v) is 17.5. The highest BCUT2D eigenvalue weighted by Crippen LogP contribution is 2.42. The molecule has 2 N–H and O–H groups in total. The zero-order chi connectivity index (χ0) is 21.3. The van der Waals surface area contributed by atoms with Crippen LogP contribution in [0.15, 0.2) is 51.8 Å². The Morgan fingerprint density at radius 3 is 2.53 bits per heavy atom. The average molecular weight is 447 g/mol. The van der Waals surface area contributed by atoms with E-state index in [0.29, 0.717) is 28.7 Å². The molecule has 2 aliphatic heterocycles. The number of ether oxygens (including phenoxy) is 1. The van der Waals surface area contributed by atoms with E-state index in [4.69, 9.17) is 4.74 Å². The van der Waals surface area contributed by atoms with Crippen LogP contribution in [-0.2, 0) is 19.6 Å². The molecule has 0 aliphatic carbocycles. The summed E-state index contributed by atoms with van der Waals surface area (Å²) in [6.07, 6.45) is 0. The Morgan fingerprint density at radius 2 is 1.83 bits per heavy atom. The van der Waals surface area contributed by atoms with E-state index in [9.17, 15) is 18.0 Å². The van der Waals surface area contributed by atoms with Gasteiger partial charge in [0.1, 0.15) is 6.61 Å². The summed E-state index contributed by atoms with van der Waals surface area (Å²) in [5.41, 5.74) is 2.46. The van der Waals surface area contributed by atoms with E-state index in [1.807, 2.05) is 4.90 Å². The molecule has 2 aromatic carbocycles. The third kappa shape index (κ3) is 4.32. The first-order valence-electron chi connectivity index (χ1n) is 8.97. The largest absolute Gasteiger partial charge is 0.375 e. The lowest BCUT2D eigenvalue weighted by Crippen LogP contribution is -2.35. The Morgan fingerprint density at radius 1 is 1.13 bits per heavy atom. The molecule has 9 nitrogen and oxygen atoms in total. The number of rotatable bonds is 5. The molecule has 2 heterocycles. The Labute approximate surface area is 177 Å². The Hall–Kier alpha value is -2.89. The molecule has 0 aromatic heterocycles. The second-order valence-corrected chi connectivity index (χ2v) is 9.37. The maximum absolute atomic E-state index is 12.6. The number of carbonyl (C=O) groups excluding carboxylic acids is 2. The van der Waals surface area contributed by atoms with Gasteiger partial charge in [0.15, 0.2) is 5.17 Å². The van der Waals surface area contributed by atoms with Crippen molar-refractivity contribution in [3.8, 4) is 0 Å². The molecule has 2 aliphatic rings. The molecule has 0 bridgehead atoms. The van der Waals surface area contributed by atoms with Crippen molar-refractivity contribution in [3.63, 3.8) is 0 Å². The van der Waals surface area contributed by atoms with Crippen LogP contribution < -0.4 is 15.5 Å². The normalized spacial score (nSPS) is 16.3. The lowest BCUT2D eigenvalue weighted by molar-refractivity contribution is -0.119. The van der Waals surface area contributed by atoms with Crippen LogP contribution in [0.4, 0.5) is 17.1 Å². The van der Waals surface area contributed by atoms with E-state index in [2.05, 4.69) is 15.0 Å². The van der Waals surface area contributed by atoms with Crippen molar-refractivity contribution in [1.29, 1.82) is 0 Å². The summed E-state index contributed by atoms with van der Waals surface area (Å²) in [6, 6.07) is 11.9. The van der Waals surface area contributed by atoms with Gasteiger partial charge in [-0.3, -0.25) is 9.59 Å². The highest BCUT2D eigenvalue weighted by Gasteiger charge is 2.33. The number of fused-ring (bicyclic) bond motifs is 3. The van der Waals surface area contributed by atoms with Gasteiger partial charge in [0, 0.05) is 35.5 Å². The van der Waals surface area contributed by atoms with Crippen LogP contribution >= 0.6 is 11.8 Å². The maximum Gasteiger partial charge on any atom is 0.257 e. The van der Waals surface area contributed by atoms with E-state index in [1.165, 1.54) is 18.9 Å². The Bertz CT molecular complexity index is 1150. The van der Waals surface area contributed by atoms with Crippen molar-refractivity contribution in [3.05, 3.63) is 48.0 Å². The lowest BCUT2D eigenvalue weighted by Gasteiger charge is -2.22. The number of benzene rings is 2. The predicted molar refractivity (Wildman–Crippen MR) is 116 cm³/mol. The van der Waals surface area contributed by atoms with Crippen molar-refractivity contribution < 1.29 is 22.7 Å². The monoisotopic (exact) mass is 446 g/mol. The highest BCUT2D eigenvalue weighted by atomic mass is 32.2. The van der Waals surface area contributed by atoms with E-state index >= 15 is 0 Å². The number of hydrogen-bond acceptors (Lipinski definition) is 7. The van der Waals surface area contributed by atoms with E-state index < -0.39 is 10.0 Å². The molecular formula is C19H18N4O5S2. The van der Waals surface area contributed by atoms with Crippen molar-refractivity contribution in [2.75, 3.05) is 41.5 Å². The molecule has 0 radical (unpaired) electrons. The summed E-state index contributed by atoms with van der Waals surface area (Å²) >= 11 is 1.24. The Balaban J connectivity index is 1.45. The fourth-order valence-electron chi connectivity index (χ4n) is 3.04. The molecule has 0 spiro atoms. The van der Waals surface area contributed by atoms with E-state index in [0.717, 1.165) is 10.6 Å². The summed E-state index contributed by atoms with van der Waals surface area (Å²) < 4.78 is 32.0. The number of sulfonamides is 1. The number of amides is 2. The van der Waals surface area contributed by atoms with Gasteiger partial charge in [-0.05, 0) is 54.2 Å². The fraction of sp³-hybridized carbons (Fsp3) is 0.211. The van der Waals surface area contributed by atoms with Gasteiger partial charge in [-0.2, -0.15) is 0 Å². The number of anilines is 3. The molecule has 0 fully saturated rings. The smallest absolute Gasteiger partial charge is 0.257 e. The minimum Gasteiger partial charge on any atom is -0.375 e. The summed E-state index contributed by atoms with van der Waals surface area (Å²) in [4.78, 5) is 26.8. The number of amidine groups is 1. The van der Waals surface area contributed by atoms with Crippen LogP contribution in [0.3, 0.4) is 0 Å². The summed E-state index contributed by atoms with van der Waals surface area (Å²) in [5.74, 6) is -0.589.